The zero-order valence-corrected chi connectivity index (χ0v) is 9.75. The summed E-state index contributed by atoms with van der Waals surface area (Å²) in [5.41, 5.74) is 0. The molecule has 1 N–H and O–H groups in total. The van der Waals surface area contributed by atoms with Gasteiger partial charge < -0.3 is 5.11 Å². The molecule has 0 aliphatic rings. The molecule has 0 fully saturated rings. The van der Waals surface area contributed by atoms with Crippen molar-refractivity contribution in [2.45, 2.75) is 0 Å². The Bertz CT molecular complexity index is 535. The van der Waals surface area contributed by atoms with Crippen LogP contribution >= 0.6 is 11.3 Å². The van der Waals surface area contributed by atoms with Crippen molar-refractivity contribution >= 4 is 27.3 Å². The zero-order valence-electron chi connectivity index (χ0n) is 8.93. The molecule has 1 amide bonds. The first-order valence-electron chi connectivity index (χ1n) is 4.66. The molecule has 1 heterocycles. The molecule has 16 heavy (non-hydrogen) atoms. The fraction of sp³-hybridized carbons (Fsp3) is 0.182. The lowest BCUT2D eigenvalue weighted by Crippen LogP contribution is -2.24. The minimum Gasteiger partial charge on any atom is -0.508 e. The molecule has 1 aromatic heterocycles. The highest BCUT2D eigenvalue weighted by molar-refractivity contribution is 7.20. The van der Waals surface area contributed by atoms with Gasteiger partial charge >= 0.3 is 0 Å². The van der Waals surface area contributed by atoms with Gasteiger partial charge in [-0.1, -0.05) is 0 Å². The minimum absolute atomic E-state index is 0.191. The third kappa shape index (κ3) is 1.87. The van der Waals surface area contributed by atoms with Crippen molar-refractivity contribution in [3.05, 3.63) is 29.1 Å². The fourth-order valence-electron chi connectivity index (χ4n) is 1.37. The molecule has 0 bridgehead atoms. The molecule has 2 aromatic rings. The van der Waals surface area contributed by atoms with E-state index in [-0.39, 0.29) is 11.7 Å². The third-order valence-electron chi connectivity index (χ3n) is 2.27. The number of phenolic OH excluding ortho intramolecular Hbond substituents is 1. The number of amides is 1. The lowest BCUT2D eigenvalue weighted by molar-refractivity contribution is -0.0753. The number of hydroxylamine groups is 2. The number of thiophene rings is 1. The molecule has 0 aliphatic heterocycles. The number of nitrogens with zero attached hydrogens (tertiary/aromatic N) is 1. The smallest absolute Gasteiger partial charge is 0.287 e. The summed E-state index contributed by atoms with van der Waals surface area (Å²) >= 11 is 1.38. The number of hydrogen-bond donors (Lipinski definition) is 1. The van der Waals surface area contributed by atoms with Gasteiger partial charge in [-0.2, -0.15) is 0 Å². The second-order valence-electron chi connectivity index (χ2n) is 3.32. The van der Waals surface area contributed by atoms with E-state index >= 15 is 0 Å². The first-order valence-corrected chi connectivity index (χ1v) is 5.48. The number of fused-ring (bicyclic) bond motifs is 1. The summed E-state index contributed by atoms with van der Waals surface area (Å²) in [5, 5.41) is 11.3. The van der Waals surface area contributed by atoms with Gasteiger partial charge in [0.15, 0.2) is 0 Å². The van der Waals surface area contributed by atoms with E-state index in [9.17, 15) is 9.90 Å². The lowest BCUT2D eigenvalue weighted by atomic mass is 10.2. The van der Waals surface area contributed by atoms with Gasteiger partial charge in [0.25, 0.3) is 5.91 Å². The Hall–Kier alpha value is -1.59. The molecule has 0 saturated heterocycles. The number of carbonyl (C=O) groups is 1. The molecule has 0 atom stereocenters. The number of benzene rings is 1. The first kappa shape index (κ1) is 10.9. The van der Waals surface area contributed by atoms with Crippen molar-refractivity contribution in [1.82, 2.24) is 5.06 Å². The van der Waals surface area contributed by atoms with Crippen LogP contribution < -0.4 is 0 Å². The molecule has 84 valence electrons. The number of rotatable bonds is 2. The molecule has 2 rings (SSSR count). The predicted octanol–water partition coefficient (Wildman–Crippen LogP) is 2.24. The van der Waals surface area contributed by atoms with E-state index in [1.807, 2.05) is 0 Å². The molecular formula is C11H11NO3S. The molecule has 0 aliphatic carbocycles. The van der Waals surface area contributed by atoms with Crippen LogP contribution in [0, 0.1) is 0 Å². The fourth-order valence-corrected chi connectivity index (χ4v) is 2.38. The summed E-state index contributed by atoms with van der Waals surface area (Å²) in [5.74, 6) is 0.00702. The summed E-state index contributed by atoms with van der Waals surface area (Å²) in [6, 6.07) is 6.78. The maximum atomic E-state index is 11.8. The van der Waals surface area contributed by atoms with Crippen LogP contribution in [0.1, 0.15) is 9.67 Å². The van der Waals surface area contributed by atoms with E-state index in [4.69, 9.17) is 4.84 Å². The van der Waals surface area contributed by atoms with Crippen molar-refractivity contribution < 1.29 is 14.7 Å². The number of phenols is 1. The second kappa shape index (κ2) is 4.11. The number of carbonyl (C=O) groups excluding carboxylic acids is 1. The molecule has 0 unspecified atom stereocenters. The van der Waals surface area contributed by atoms with Gasteiger partial charge in [-0.3, -0.25) is 9.63 Å². The van der Waals surface area contributed by atoms with Gasteiger partial charge in [0.05, 0.1) is 12.0 Å². The van der Waals surface area contributed by atoms with Gasteiger partial charge in [0.1, 0.15) is 5.75 Å². The molecule has 0 spiro atoms. The van der Waals surface area contributed by atoms with Crippen LogP contribution in [0.3, 0.4) is 0 Å². The van der Waals surface area contributed by atoms with Gasteiger partial charge in [0.2, 0.25) is 0 Å². The zero-order chi connectivity index (χ0) is 11.7. The summed E-state index contributed by atoms with van der Waals surface area (Å²) in [4.78, 5) is 17.2. The van der Waals surface area contributed by atoms with Crippen molar-refractivity contribution in [3.8, 4) is 5.75 Å². The molecular weight excluding hydrogens is 226 g/mol. The summed E-state index contributed by atoms with van der Waals surface area (Å²) in [6.45, 7) is 0. The van der Waals surface area contributed by atoms with Gasteiger partial charge in [0, 0.05) is 11.7 Å². The van der Waals surface area contributed by atoms with Crippen molar-refractivity contribution in [2.75, 3.05) is 14.2 Å². The average molecular weight is 237 g/mol. The van der Waals surface area contributed by atoms with Crippen molar-refractivity contribution in [3.63, 3.8) is 0 Å². The van der Waals surface area contributed by atoms with Crippen LogP contribution in [0.2, 0.25) is 0 Å². The van der Waals surface area contributed by atoms with Crippen LogP contribution in [-0.4, -0.2) is 30.2 Å². The Balaban J connectivity index is 2.43. The van der Waals surface area contributed by atoms with E-state index in [0.717, 1.165) is 10.1 Å². The monoisotopic (exact) mass is 237 g/mol. The van der Waals surface area contributed by atoms with Gasteiger partial charge in [-0.25, -0.2) is 5.06 Å². The van der Waals surface area contributed by atoms with Crippen LogP contribution in [0.5, 0.6) is 5.75 Å². The quantitative estimate of drug-likeness (QED) is 0.815. The van der Waals surface area contributed by atoms with Crippen LogP contribution in [0.4, 0.5) is 0 Å². The average Bonchev–Trinajstić information content (AvgIpc) is 2.69. The first-order chi connectivity index (χ1) is 7.61. The largest absolute Gasteiger partial charge is 0.508 e. The Labute approximate surface area is 96.6 Å². The Morgan fingerprint density at radius 2 is 2.19 bits per heavy atom. The Morgan fingerprint density at radius 3 is 2.88 bits per heavy atom. The van der Waals surface area contributed by atoms with E-state index in [2.05, 4.69) is 0 Å². The standard InChI is InChI=1S/C11H11NO3S/c1-12(15-2)11(14)10-6-7-5-8(13)3-4-9(7)16-10/h3-6,13H,1-2H3. The molecule has 0 saturated carbocycles. The van der Waals surface area contributed by atoms with E-state index in [0.29, 0.717) is 4.88 Å². The van der Waals surface area contributed by atoms with Crippen LogP contribution in [0.15, 0.2) is 24.3 Å². The second-order valence-corrected chi connectivity index (χ2v) is 4.40. The van der Waals surface area contributed by atoms with E-state index in [1.165, 1.54) is 23.5 Å². The van der Waals surface area contributed by atoms with Crippen LogP contribution in [-0.2, 0) is 4.84 Å². The topological polar surface area (TPSA) is 49.8 Å². The summed E-state index contributed by atoms with van der Waals surface area (Å²) in [6.07, 6.45) is 0. The molecule has 5 heteroatoms. The Morgan fingerprint density at radius 1 is 1.44 bits per heavy atom. The highest BCUT2D eigenvalue weighted by Gasteiger charge is 2.14. The number of aromatic hydroxyl groups is 1. The normalized spacial score (nSPS) is 10.6. The minimum atomic E-state index is -0.191. The lowest BCUT2D eigenvalue weighted by Gasteiger charge is -2.11. The molecule has 4 nitrogen and oxygen atoms in total. The van der Waals surface area contributed by atoms with Gasteiger partial charge in [-0.15, -0.1) is 11.3 Å². The molecule has 0 radical (unpaired) electrons. The Kier molecular flexibility index (Phi) is 2.80. The van der Waals surface area contributed by atoms with Crippen LogP contribution in [0.25, 0.3) is 10.1 Å². The molecule has 1 aromatic carbocycles. The van der Waals surface area contributed by atoms with E-state index < -0.39 is 0 Å². The SMILES string of the molecule is CON(C)C(=O)c1cc2cc(O)ccc2s1. The van der Waals surface area contributed by atoms with Crippen molar-refractivity contribution in [1.29, 1.82) is 0 Å². The summed E-state index contributed by atoms with van der Waals surface area (Å²) in [7, 11) is 3.00. The third-order valence-corrected chi connectivity index (χ3v) is 3.37. The maximum absolute atomic E-state index is 11.8. The highest BCUT2D eigenvalue weighted by atomic mass is 32.1. The van der Waals surface area contributed by atoms with Gasteiger partial charge in [-0.05, 0) is 29.7 Å². The highest BCUT2D eigenvalue weighted by Crippen LogP contribution is 2.29. The number of hydrogen-bond acceptors (Lipinski definition) is 4. The predicted molar refractivity (Wildman–Crippen MR) is 62.6 cm³/mol. The maximum Gasteiger partial charge on any atom is 0.287 e. The summed E-state index contributed by atoms with van der Waals surface area (Å²) < 4.78 is 0.964. The van der Waals surface area contributed by atoms with E-state index in [1.54, 1.807) is 31.3 Å². The van der Waals surface area contributed by atoms with Crippen molar-refractivity contribution in [2.24, 2.45) is 0 Å².